The van der Waals surface area contributed by atoms with E-state index < -0.39 is 17.8 Å². The zero-order chi connectivity index (χ0) is 21.1. The van der Waals surface area contributed by atoms with Crippen LogP contribution < -0.4 is 15.4 Å². The molecule has 3 N–H and O–H groups in total. The summed E-state index contributed by atoms with van der Waals surface area (Å²) in [6.45, 7) is 4.92. The molecule has 29 heavy (non-hydrogen) atoms. The zero-order valence-corrected chi connectivity index (χ0v) is 16.7. The Bertz CT molecular complexity index is 620. The number of aliphatic hydroxyl groups is 1. The van der Waals surface area contributed by atoms with Crippen LogP contribution in [0.2, 0.25) is 0 Å². The molecular formula is C20H30F3N3O3. The highest BCUT2D eigenvalue weighted by Gasteiger charge is 2.30. The maximum Gasteiger partial charge on any atom is 0.416 e. The first-order valence-electron chi connectivity index (χ1n) is 9.96. The van der Waals surface area contributed by atoms with Gasteiger partial charge in [-0.05, 0) is 56.4 Å². The number of rotatable bonds is 12. The second-order valence-corrected chi connectivity index (χ2v) is 7.01. The molecule has 0 amide bonds. The largest absolute Gasteiger partial charge is 0.491 e. The van der Waals surface area contributed by atoms with Crippen molar-refractivity contribution < 1.29 is 27.8 Å². The van der Waals surface area contributed by atoms with Crippen molar-refractivity contribution >= 4 is 5.96 Å². The van der Waals surface area contributed by atoms with Gasteiger partial charge < -0.3 is 25.2 Å². The standard InChI is InChI=1S/C20H30F3N3O3/c1-2-24-19(25-10-3-11-28-13-15-4-5-15)26-12-17(27)14-29-18-8-6-16(7-9-18)20(21,22)23/h6-9,15,17,27H,2-5,10-14H2,1H3,(H2,24,25,26). The molecule has 0 bridgehead atoms. The predicted octanol–water partition coefficient (Wildman–Crippen LogP) is 2.82. The summed E-state index contributed by atoms with van der Waals surface area (Å²) in [5, 5.41) is 16.3. The molecule has 1 aromatic carbocycles. The van der Waals surface area contributed by atoms with Crippen LogP contribution in [-0.2, 0) is 10.9 Å². The molecule has 1 unspecified atom stereocenters. The molecular weight excluding hydrogens is 387 g/mol. The molecule has 9 heteroatoms. The highest BCUT2D eigenvalue weighted by molar-refractivity contribution is 5.79. The van der Waals surface area contributed by atoms with E-state index in [9.17, 15) is 18.3 Å². The van der Waals surface area contributed by atoms with Gasteiger partial charge in [0.2, 0.25) is 0 Å². The second kappa shape index (κ2) is 11.9. The van der Waals surface area contributed by atoms with Gasteiger partial charge in [0, 0.05) is 26.3 Å². The summed E-state index contributed by atoms with van der Waals surface area (Å²) in [6.07, 6.45) is -1.85. The van der Waals surface area contributed by atoms with Gasteiger partial charge in [-0.3, -0.25) is 4.99 Å². The Morgan fingerprint density at radius 2 is 1.97 bits per heavy atom. The summed E-state index contributed by atoms with van der Waals surface area (Å²) in [6, 6.07) is 4.36. The molecule has 1 fully saturated rings. The van der Waals surface area contributed by atoms with Crippen molar-refractivity contribution in [3.05, 3.63) is 29.8 Å². The van der Waals surface area contributed by atoms with E-state index >= 15 is 0 Å². The quantitative estimate of drug-likeness (QED) is 0.277. The molecule has 0 heterocycles. The van der Waals surface area contributed by atoms with Crippen molar-refractivity contribution in [1.82, 2.24) is 10.6 Å². The summed E-state index contributed by atoms with van der Waals surface area (Å²) >= 11 is 0. The van der Waals surface area contributed by atoms with E-state index in [1.165, 1.54) is 25.0 Å². The maximum atomic E-state index is 12.5. The predicted molar refractivity (Wildman–Crippen MR) is 105 cm³/mol. The Balaban J connectivity index is 1.66. The van der Waals surface area contributed by atoms with E-state index in [0.717, 1.165) is 31.1 Å². The second-order valence-electron chi connectivity index (χ2n) is 7.01. The molecule has 6 nitrogen and oxygen atoms in total. The van der Waals surface area contributed by atoms with E-state index in [2.05, 4.69) is 15.6 Å². The summed E-state index contributed by atoms with van der Waals surface area (Å²) in [4.78, 5) is 4.30. The number of nitrogens with one attached hydrogen (secondary N) is 2. The van der Waals surface area contributed by atoms with E-state index in [4.69, 9.17) is 9.47 Å². The molecule has 1 saturated carbocycles. The number of alkyl halides is 3. The molecule has 2 rings (SSSR count). The third-order valence-electron chi connectivity index (χ3n) is 4.24. The topological polar surface area (TPSA) is 75.1 Å². The lowest BCUT2D eigenvalue weighted by Crippen LogP contribution is -2.39. The van der Waals surface area contributed by atoms with Crippen LogP contribution in [0.4, 0.5) is 13.2 Å². The van der Waals surface area contributed by atoms with Gasteiger partial charge in [-0.2, -0.15) is 13.2 Å². The molecule has 0 aliphatic heterocycles. The van der Waals surface area contributed by atoms with Crippen LogP contribution in [0.1, 0.15) is 31.7 Å². The molecule has 164 valence electrons. The molecule has 0 spiro atoms. The number of halogens is 3. The van der Waals surface area contributed by atoms with Crippen LogP contribution in [0, 0.1) is 5.92 Å². The molecule has 0 aromatic heterocycles. The molecule has 0 saturated heterocycles. The van der Waals surface area contributed by atoms with Crippen molar-refractivity contribution in [1.29, 1.82) is 0 Å². The number of hydrogen-bond donors (Lipinski definition) is 3. The first kappa shape index (κ1) is 23.3. The average molecular weight is 417 g/mol. The SMILES string of the molecule is CCNC(=NCC(O)COc1ccc(C(F)(F)F)cc1)NCCCOCC1CC1. The fourth-order valence-electron chi connectivity index (χ4n) is 2.44. The fourth-order valence-corrected chi connectivity index (χ4v) is 2.44. The summed E-state index contributed by atoms with van der Waals surface area (Å²) < 4.78 is 48.5. The van der Waals surface area contributed by atoms with E-state index in [-0.39, 0.29) is 18.9 Å². The molecule has 1 atom stereocenters. The molecule has 1 aliphatic rings. The number of ether oxygens (including phenoxy) is 2. The maximum absolute atomic E-state index is 12.5. The third kappa shape index (κ3) is 9.85. The summed E-state index contributed by atoms with van der Waals surface area (Å²) in [5.74, 6) is 1.61. The highest BCUT2D eigenvalue weighted by Crippen LogP contribution is 2.30. The number of aliphatic imine (C=N–C) groups is 1. The number of guanidine groups is 1. The van der Waals surface area contributed by atoms with Gasteiger partial charge in [-0.15, -0.1) is 0 Å². The van der Waals surface area contributed by atoms with Crippen LogP contribution in [0.15, 0.2) is 29.3 Å². The number of nitrogens with zero attached hydrogens (tertiary/aromatic N) is 1. The van der Waals surface area contributed by atoms with Crippen molar-refractivity contribution in [3.8, 4) is 5.75 Å². The van der Waals surface area contributed by atoms with Crippen LogP contribution in [0.3, 0.4) is 0 Å². The number of benzene rings is 1. The lowest BCUT2D eigenvalue weighted by atomic mass is 10.2. The minimum Gasteiger partial charge on any atom is -0.491 e. The average Bonchev–Trinajstić information content (AvgIpc) is 3.51. The van der Waals surface area contributed by atoms with Gasteiger partial charge in [0.05, 0.1) is 12.1 Å². The normalized spacial score (nSPS) is 15.8. The Morgan fingerprint density at radius 1 is 1.24 bits per heavy atom. The summed E-state index contributed by atoms with van der Waals surface area (Å²) in [7, 11) is 0. The zero-order valence-electron chi connectivity index (χ0n) is 16.7. The molecule has 0 radical (unpaired) electrons. The number of hydrogen-bond acceptors (Lipinski definition) is 4. The Kier molecular flexibility index (Phi) is 9.53. The van der Waals surface area contributed by atoms with E-state index in [1.54, 1.807) is 0 Å². The monoisotopic (exact) mass is 417 g/mol. The van der Waals surface area contributed by atoms with Gasteiger partial charge in [0.1, 0.15) is 18.5 Å². The van der Waals surface area contributed by atoms with Crippen LogP contribution in [0.5, 0.6) is 5.75 Å². The third-order valence-corrected chi connectivity index (χ3v) is 4.24. The first-order chi connectivity index (χ1) is 13.9. The Hall–Kier alpha value is -2.00. The van der Waals surface area contributed by atoms with Gasteiger partial charge in [0.15, 0.2) is 5.96 Å². The van der Waals surface area contributed by atoms with E-state index in [1.807, 2.05) is 6.92 Å². The number of aliphatic hydroxyl groups excluding tert-OH is 1. The minimum absolute atomic E-state index is 0.0662. The highest BCUT2D eigenvalue weighted by atomic mass is 19.4. The van der Waals surface area contributed by atoms with Crippen molar-refractivity contribution in [2.45, 2.75) is 38.5 Å². The van der Waals surface area contributed by atoms with Gasteiger partial charge in [-0.25, -0.2) is 0 Å². The minimum atomic E-state index is -4.38. The molecule has 1 aromatic rings. The smallest absolute Gasteiger partial charge is 0.416 e. The summed E-state index contributed by atoms with van der Waals surface area (Å²) in [5.41, 5.74) is -0.741. The van der Waals surface area contributed by atoms with Gasteiger partial charge >= 0.3 is 6.18 Å². The van der Waals surface area contributed by atoms with Crippen LogP contribution in [-0.4, -0.2) is 56.6 Å². The Morgan fingerprint density at radius 3 is 2.59 bits per heavy atom. The lowest BCUT2D eigenvalue weighted by molar-refractivity contribution is -0.137. The molecule has 1 aliphatic carbocycles. The van der Waals surface area contributed by atoms with E-state index in [0.29, 0.717) is 25.7 Å². The van der Waals surface area contributed by atoms with Crippen molar-refractivity contribution in [2.75, 3.05) is 39.5 Å². The first-order valence-corrected chi connectivity index (χ1v) is 9.96. The fraction of sp³-hybridized carbons (Fsp3) is 0.650. The lowest BCUT2D eigenvalue weighted by Gasteiger charge is -2.14. The van der Waals surface area contributed by atoms with Crippen LogP contribution in [0.25, 0.3) is 0 Å². The Labute approximate surface area is 169 Å². The van der Waals surface area contributed by atoms with Gasteiger partial charge in [-0.1, -0.05) is 0 Å². The van der Waals surface area contributed by atoms with Crippen molar-refractivity contribution in [2.24, 2.45) is 10.9 Å². The van der Waals surface area contributed by atoms with Crippen LogP contribution >= 0.6 is 0 Å². The van der Waals surface area contributed by atoms with Crippen molar-refractivity contribution in [3.63, 3.8) is 0 Å². The van der Waals surface area contributed by atoms with Gasteiger partial charge in [0.25, 0.3) is 0 Å².